The summed E-state index contributed by atoms with van der Waals surface area (Å²) in [5.74, 6) is 0. The van der Waals surface area contributed by atoms with Crippen LogP contribution in [0.3, 0.4) is 0 Å². The van der Waals surface area contributed by atoms with E-state index in [1.807, 2.05) is 0 Å². The number of aromatic nitrogens is 4. The predicted molar refractivity (Wildman–Crippen MR) is 221 cm³/mol. The smallest absolute Gasteiger partial charge is 0.165 e. The molecule has 13 aromatic rings. The van der Waals surface area contributed by atoms with Gasteiger partial charge in [-0.15, -0.1) is 0 Å². The summed E-state index contributed by atoms with van der Waals surface area (Å²) in [6.07, 6.45) is 0. The molecule has 0 aliphatic carbocycles. The summed E-state index contributed by atoms with van der Waals surface area (Å²) in [5.41, 5.74) is 11.5. The first-order valence-electron chi connectivity index (χ1n) is 18.1. The van der Waals surface area contributed by atoms with E-state index >= 15 is 0 Å². The van der Waals surface area contributed by atoms with Crippen molar-refractivity contribution in [3.63, 3.8) is 0 Å². The van der Waals surface area contributed by atoms with E-state index in [4.69, 9.17) is 9.97 Å². The number of para-hydroxylation sites is 4. The number of rotatable bonds is 3. The Bertz CT molecular complexity index is 3580. The molecule has 5 nitrogen and oxygen atoms in total. The van der Waals surface area contributed by atoms with Crippen LogP contribution >= 0.6 is 0 Å². The first-order chi connectivity index (χ1) is 26.3. The minimum atomic E-state index is 0.875. The van der Waals surface area contributed by atoms with Gasteiger partial charge in [0.05, 0.1) is 27.8 Å². The zero-order chi connectivity index (χ0) is 34.4. The lowest BCUT2D eigenvalue weighted by Gasteiger charge is -2.27. The molecular formula is C48H27N5. The Labute approximate surface area is 301 Å². The van der Waals surface area contributed by atoms with Crippen molar-refractivity contribution < 1.29 is 0 Å². The Kier molecular flexibility index (Phi) is 5.06. The van der Waals surface area contributed by atoms with Crippen molar-refractivity contribution in [2.45, 2.75) is 0 Å². The summed E-state index contributed by atoms with van der Waals surface area (Å²) in [6, 6.07) is 59.0. The molecule has 0 radical (unpaired) electrons. The summed E-state index contributed by atoms with van der Waals surface area (Å²) >= 11 is 0. The number of benzene rings is 8. The molecule has 53 heavy (non-hydrogen) atoms. The summed E-state index contributed by atoms with van der Waals surface area (Å²) in [5, 5.41) is 12.0. The number of fused-ring (bicyclic) bond motifs is 16. The molecule has 13 rings (SSSR count). The topological polar surface area (TPSA) is 37.8 Å². The predicted octanol–water partition coefficient (Wildman–Crippen LogP) is 12.6. The molecular weight excluding hydrogens is 647 g/mol. The van der Waals surface area contributed by atoms with Crippen LogP contribution in [0, 0.1) is 0 Å². The third-order valence-corrected chi connectivity index (χ3v) is 11.5. The van der Waals surface area contributed by atoms with E-state index in [1.54, 1.807) is 0 Å². The Hall–Kier alpha value is -7.24. The fourth-order valence-electron chi connectivity index (χ4n) is 9.39. The molecule has 5 aromatic heterocycles. The maximum Gasteiger partial charge on any atom is 0.165 e. The van der Waals surface area contributed by atoms with E-state index < -0.39 is 0 Å². The minimum Gasteiger partial charge on any atom is -0.308 e. The fourth-order valence-corrected chi connectivity index (χ4v) is 9.39. The maximum absolute atomic E-state index is 5.68. The lowest BCUT2D eigenvalue weighted by Crippen LogP contribution is -2.11. The van der Waals surface area contributed by atoms with Gasteiger partial charge in [-0.05, 0) is 46.5 Å². The molecule has 0 atom stereocenters. The molecule has 0 bridgehead atoms. The zero-order valence-electron chi connectivity index (χ0n) is 28.3. The largest absolute Gasteiger partial charge is 0.308 e. The first kappa shape index (κ1) is 27.5. The molecule has 0 N–H and O–H groups in total. The summed E-state index contributed by atoms with van der Waals surface area (Å²) in [4.78, 5) is 13.7. The molecule has 0 spiro atoms. The summed E-state index contributed by atoms with van der Waals surface area (Å²) in [6.45, 7) is 0. The van der Waals surface area contributed by atoms with Gasteiger partial charge in [-0.2, -0.15) is 0 Å². The quantitative estimate of drug-likeness (QED) is 0.187. The molecule has 0 saturated carbocycles. The van der Waals surface area contributed by atoms with Crippen molar-refractivity contribution in [1.82, 2.24) is 18.8 Å². The Morgan fingerprint density at radius 3 is 1.55 bits per heavy atom. The molecule has 5 heterocycles. The van der Waals surface area contributed by atoms with Gasteiger partial charge in [0.1, 0.15) is 11.0 Å². The van der Waals surface area contributed by atoms with Gasteiger partial charge in [0.2, 0.25) is 0 Å². The second kappa shape index (κ2) is 9.75. The fraction of sp³-hybridized carbons (Fsp3) is 0. The number of nitrogens with zero attached hydrogens (tertiary/aromatic N) is 5. The van der Waals surface area contributed by atoms with Crippen LogP contribution in [0.2, 0.25) is 0 Å². The van der Waals surface area contributed by atoms with Gasteiger partial charge in [-0.25, -0.2) is 9.97 Å². The third kappa shape index (κ3) is 3.37. The van der Waals surface area contributed by atoms with E-state index in [-0.39, 0.29) is 0 Å². The Morgan fingerprint density at radius 1 is 0.358 bits per heavy atom. The second-order valence-electron chi connectivity index (χ2n) is 14.2. The van der Waals surface area contributed by atoms with Gasteiger partial charge < -0.3 is 4.90 Å². The van der Waals surface area contributed by atoms with Gasteiger partial charge in [0.25, 0.3) is 0 Å². The normalized spacial score (nSPS) is 12.5. The molecule has 0 aliphatic rings. The van der Waals surface area contributed by atoms with Crippen molar-refractivity contribution in [2.75, 3.05) is 4.90 Å². The van der Waals surface area contributed by atoms with Crippen molar-refractivity contribution in [3.8, 4) is 0 Å². The summed E-state index contributed by atoms with van der Waals surface area (Å²) in [7, 11) is 0. The van der Waals surface area contributed by atoms with E-state index in [2.05, 4.69) is 177 Å². The molecule has 244 valence electrons. The van der Waals surface area contributed by atoms with Crippen molar-refractivity contribution in [3.05, 3.63) is 164 Å². The van der Waals surface area contributed by atoms with E-state index in [9.17, 15) is 0 Å². The molecule has 8 aromatic carbocycles. The summed E-state index contributed by atoms with van der Waals surface area (Å²) < 4.78 is 4.78. The average molecular weight is 674 g/mol. The van der Waals surface area contributed by atoms with Crippen LogP contribution in [0.25, 0.3) is 98.3 Å². The van der Waals surface area contributed by atoms with Crippen molar-refractivity contribution >= 4 is 115 Å². The van der Waals surface area contributed by atoms with Crippen LogP contribution in [0.1, 0.15) is 0 Å². The molecule has 0 saturated heterocycles. The monoisotopic (exact) mass is 673 g/mol. The van der Waals surface area contributed by atoms with Crippen LogP contribution < -0.4 is 4.90 Å². The Balaban J connectivity index is 1.26. The van der Waals surface area contributed by atoms with Gasteiger partial charge in [0.15, 0.2) is 11.3 Å². The highest BCUT2D eigenvalue weighted by Crippen LogP contribution is 2.49. The van der Waals surface area contributed by atoms with E-state index in [1.165, 1.54) is 54.1 Å². The van der Waals surface area contributed by atoms with Gasteiger partial charge in [-0.3, -0.25) is 8.80 Å². The molecule has 0 amide bonds. The first-order valence-corrected chi connectivity index (χ1v) is 18.1. The van der Waals surface area contributed by atoms with Crippen LogP contribution in [0.4, 0.5) is 17.1 Å². The SMILES string of the molecule is c1ccc(N(c2ccccc2)c2cc3ccccc3c3c4cccc5c6nc7c(nc6n(c23)c54)c2cccc3c4ccc5ccccc5c4n7c32)cc1. The van der Waals surface area contributed by atoms with Gasteiger partial charge >= 0.3 is 0 Å². The van der Waals surface area contributed by atoms with Gasteiger partial charge in [0, 0.05) is 49.1 Å². The lowest BCUT2D eigenvalue weighted by atomic mass is 10.0. The molecule has 5 heteroatoms. The van der Waals surface area contributed by atoms with Crippen molar-refractivity contribution in [2.24, 2.45) is 0 Å². The third-order valence-electron chi connectivity index (χ3n) is 11.5. The molecule has 0 unspecified atom stereocenters. The second-order valence-corrected chi connectivity index (χ2v) is 14.2. The van der Waals surface area contributed by atoms with Crippen LogP contribution in [0.5, 0.6) is 0 Å². The Morgan fingerprint density at radius 2 is 0.849 bits per heavy atom. The molecule has 0 fully saturated rings. The number of hydrogen-bond acceptors (Lipinski definition) is 3. The van der Waals surface area contributed by atoms with Crippen LogP contribution in [-0.2, 0) is 0 Å². The number of anilines is 3. The van der Waals surface area contributed by atoms with Gasteiger partial charge in [-0.1, -0.05) is 133 Å². The van der Waals surface area contributed by atoms with E-state index in [0.717, 1.165) is 61.2 Å². The lowest BCUT2D eigenvalue weighted by molar-refractivity contribution is 1.23. The van der Waals surface area contributed by atoms with Crippen molar-refractivity contribution in [1.29, 1.82) is 0 Å². The van der Waals surface area contributed by atoms with Crippen LogP contribution in [-0.4, -0.2) is 18.8 Å². The minimum absolute atomic E-state index is 0.875. The highest BCUT2D eigenvalue weighted by molar-refractivity contribution is 6.32. The van der Waals surface area contributed by atoms with E-state index in [0.29, 0.717) is 0 Å². The highest BCUT2D eigenvalue weighted by Gasteiger charge is 2.28. The van der Waals surface area contributed by atoms with Crippen LogP contribution in [0.15, 0.2) is 164 Å². The maximum atomic E-state index is 5.68. The zero-order valence-corrected chi connectivity index (χ0v) is 28.3. The average Bonchev–Trinajstić information content (AvgIpc) is 3.95. The molecule has 0 aliphatic heterocycles. The number of hydrogen-bond donors (Lipinski definition) is 0. The standard InChI is InChI=1S/C48H27N5/c1-3-15-30(16-4-1)51(31-17-5-2-6-18-31)39-27-29-14-8-9-19-32(29)40-36-22-12-24-38-42-48(53(45(36)38)46(39)40)50-41-37-23-11-21-34-35-26-25-28-13-7-10-20-33(28)43(35)52(44(34)37)47(41)49-42/h1-27H. The highest BCUT2D eigenvalue weighted by atomic mass is 15.2.